The zero-order valence-corrected chi connectivity index (χ0v) is 21.4. The number of ether oxygens (including phenoxy) is 3. The van der Waals surface area contributed by atoms with E-state index < -0.39 is 51.8 Å². The van der Waals surface area contributed by atoms with Crippen molar-refractivity contribution >= 4 is 15.9 Å². The lowest BCUT2D eigenvalue weighted by Crippen LogP contribution is -2.44. The van der Waals surface area contributed by atoms with Crippen molar-refractivity contribution < 1.29 is 41.0 Å². The second-order valence-corrected chi connectivity index (χ2v) is 16.6. The fraction of sp³-hybridized carbons (Fsp3) is 1.00. The zero-order valence-electron chi connectivity index (χ0n) is 19.5. The van der Waals surface area contributed by atoms with Crippen LogP contribution in [0.5, 0.6) is 0 Å². The Labute approximate surface area is 179 Å². The molecule has 2 rings (SSSR count). The van der Waals surface area contributed by atoms with Gasteiger partial charge in [0.15, 0.2) is 20.2 Å². The van der Waals surface area contributed by atoms with Crippen LogP contribution in [0.15, 0.2) is 0 Å². The molecule has 0 saturated carbocycles. The summed E-state index contributed by atoms with van der Waals surface area (Å²) in [5.74, 6) is -1.08. The van der Waals surface area contributed by atoms with E-state index >= 15 is 8.78 Å². The first-order chi connectivity index (χ1) is 13.5. The van der Waals surface area contributed by atoms with Gasteiger partial charge in [0.25, 0.3) is 0 Å². The van der Waals surface area contributed by atoms with Crippen molar-refractivity contribution in [3.05, 3.63) is 0 Å². The maximum Gasteiger partial charge on any atom is 0.402 e. The third kappa shape index (κ3) is 5.01. The van der Waals surface area contributed by atoms with Crippen molar-refractivity contribution in [2.75, 3.05) is 19.8 Å². The molecule has 2 saturated heterocycles. The monoisotopic (exact) mass is 474 g/mol. The Hall–Kier alpha value is 0.0669. The molecule has 4 atom stereocenters. The van der Waals surface area contributed by atoms with E-state index in [9.17, 15) is 4.57 Å². The van der Waals surface area contributed by atoms with Gasteiger partial charge in [-0.1, -0.05) is 20.8 Å². The average molecular weight is 475 g/mol. The molecule has 0 aromatic rings. The molecule has 0 aliphatic carbocycles. The largest absolute Gasteiger partial charge is 0.414 e. The summed E-state index contributed by atoms with van der Waals surface area (Å²) in [7, 11) is -6.94. The normalized spacial score (nSPS) is 30.0. The van der Waals surface area contributed by atoms with Crippen molar-refractivity contribution in [3.8, 4) is 0 Å². The molecule has 11 heteroatoms. The summed E-state index contributed by atoms with van der Waals surface area (Å²) in [6.45, 7) is 16.4. The molecule has 0 N–H and O–H groups in total. The predicted octanol–water partition coefficient (Wildman–Crippen LogP) is 5.15. The molecule has 0 unspecified atom stereocenters. The van der Waals surface area contributed by atoms with Crippen LogP contribution in [0.3, 0.4) is 0 Å². The van der Waals surface area contributed by atoms with Gasteiger partial charge in [-0.2, -0.15) is 8.78 Å². The maximum absolute atomic E-state index is 15.5. The molecule has 0 spiro atoms. The summed E-state index contributed by atoms with van der Waals surface area (Å²) in [6.07, 6.45) is -4.55. The Bertz CT molecular complexity index is 643. The molecule has 7 nitrogen and oxygen atoms in total. The molecule has 178 valence electrons. The summed E-state index contributed by atoms with van der Waals surface area (Å²) in [6, 6.07) is 0. The molecule has 2 fully saturated rings. The van der Waals surface area contributed by atoms with Gasteiger partial charge < -0.3 is 27.7 Å². The second-order valence-electron chi connectivity index (χ2n) is 9.65. The molecule has 2 aliphatic rings. The van der Waals surface area contributed by atoms with Gasteiger partial charge in [-0.3, -0.25) is 4.57 Å². The molecule has 0 aromatic heterocycles. The lowest BCUT2D eigenvalue weighted by atomic mass is 10.1. The number of hydrogen-bond acceptors (Lipinski definition) is 7. The first-order valence-corrected chi connectivity index (χ1v) is 14.9. The van der Waals surface area contributed by atoms with E-state index in [-0.39, 0.29) is 24.9 Å². The van der Waals surface area contributed by atoms with Crippen LogP contribution in [0, 0.1) is 0 Å². The average Bonchev–Trinajstić information content (AvgIpc) is 3.05. The second kappa shape index (κ2) is 8.78. The third-order valence-corrected chi connectivity index (χ3v) is 12.6. The number of alkyl halides is 2. The van der Waals surface area contributed by atoms with Crippen molar-refractivity contribution in [2.45, 2.75) is 102 Å². The Morgan fingerprint density at radius 1 is 1.03 bits per heavy atom. The number of rotatable bonds is 9. The first kappa shape index (κ1) is 26.3. The fourth-order valence-electron chi connectivity index (χ4n) is 3.31. The molecule has 2 aliphatic heterocycles. The van der Waals surface area contributed by atoms with Gasteiger partial charge in [-0.05, 0) is 45.8 Å². The molecule has 2 heterocycles. The summed E-state index contributed by atoms with van der Waals surface area (Å²) < 4.78 is 77.2. The van der Waals surface area contributed by atoms with Gasteiger partial charge in [0, 0.05) is 0 Å². The Kier molecular flexibility index (Phi) is 7.70. The summed E-state index contributed by atoms with van der Waals surface area (Å²) >= 11 is 0. The highest BCUT2D eigenvalue weighted by Gasteiger charge is 2.69. The van der Waals surface area contributed by atoms with E-state index in [4.69, 9.17) is 27.7 Å². The van der Waals surface area contributed by atoms with Gasteiger partial charge >= 0.3 is 13.3 Å². The number of fused-ring (bicyclic) bond motifs is 1. The summed E-state index contributed by atoms with van der Waals surface area (Å²) in [5, 5.41) is -0.0553. The lowest BCUT2D eigenvalue weighted by Gasteiger charge is -2.37. The molecule has 0 bridgehead atoms. The van der Waals surface area contributed by atoms with Gasteiger partial charge in [0.1, 0.15) is 18.3 Å². The van der Waals surface area contributed by atoms with Crippen LogP contribution in [-0.2, 0) is 32.2 Å². The minimum absolute atomic E-state index is 0.0553. The van der Waals surface area contributed by atoms with E-state index in [1.165, 1.54) is 13.8 Å². The SMILES string of the molecule is CCOP(=O)(OCC)C(F)(F)[C@H]1O[C@H](CO[Si](C)(C)C(C)(C)C)[C@H]2OC(C)(C)O[C@H]21. The fourth-order valence-corrected chi connectivity index (χ4v) is 5.94. The minimum atomic E-state index is -4.79. The molecular weight excluding hydrogens is 437 g/mol. The van der Waals surface area contributed by atoms with Crippen molar-refractivity contribution in [2.24, 2.45) is 0 Å². The van der Waals surface area contributed by atoms with Crippen molar-refractivity contribution in [3.63, 3.8) is 0 Å². The highest BCUT2D eigenvalue weighted by Crippen LogP contribution is 2.66. The lowest BCUT2D eigenvalue weighted by molar-refractivity contribution is -0.211. The van der Waals surface area contributed by atoms with Gasteiger partial charge in [0.2, 0.25) is 0 Å². The van der Waals surface area contributed by atoms with Crippen LogP contribution in [0.2, 0.25) is 18.1 Å². The van der Waals surface area contributed by atoms with Crippen molar-refractivity contribution in [1.82, 2.24) is 0 Å². The van der Waals surface area contributed by atoms with Crippen LogP contribution >= 0.6 is 7.60 Å². The minimum Gasteiger partial charge on any atom is -0.414 e. The molecule has 30 heavy (non-hydrogen) atoms. The standard InChI is InChI=1S/C19H37F2O7PSi/c1-10-23-29(22,24-11-2)19(20,21)16-15-14(27-18(6,7)28-15)13(26-16)12-25-30(8,9)17(3,4)5/h13-16H,10-12H2,1-9H3/t13-,14-,15-,16+/m1/s1. The summed E-state index contributed by atoms with van der Waals surface area (Å²) in [4.78, 5) is 0. The highest BCUT2D eigenvalue weighted by atomic mass is 31.2. The maximum atomic E-state index is 15.5. The van der Waals surface area contributed by atoms with E-state index in [0.717, 1.165) is 0 Å². The quantitative estimate of drug-likeness (QED) is 0.338. The van der Waals surface area contributed by atoms with Crippen LogP contribution in [0.25, 0.3) is 0 Å². The first-order valence-electron chi connectivity index (χ1n) is 10.4. The predicted molar refractivity (Wildman–Crippen MR) is 111 cm³/mol. The van der Waals surface area contributed by atoms with Gasteiger partial charge in [0.05, 0.1) is 19.8 Å². The Morgan fingerprint density at radius 2 is 1.53 bits per heavy atom. The third-order valence-electron chi connectivity index (χ3n) is 5.87. The topological polar surface area (TPSA) is 72.5 Å². The van der Waals surface area contributed by atoms with Crippen LogP contribution in [0.4, 0.5) is 8.78 Å². The van der Waals surface area contributed by atoms with Crippen molar-refractivity contribution in [1.29, 1.82) is 0 Å². The van der Waals surface area contributed by atoms with Crippen LogP contribution in [0.1, 0.15) is 48.5 Å². The molecular formula is C19H37F2O7PSi. The van der Waals surface area contributed by atoms with Gasteiger partial charge in [-0.25, -0.2) is 0 Å². The Balaban J connectivity index is 2.30. The highest BCUT2D eigenvalue weighted by molar-refractivity contribution is 7.55. The van der Waals surface area contributed by atoms with Gasteiger partial charge in [-0.15, -0.1) is 0 Å². The molecule has 0 amide bonds. The van der Waals surface area contributed by atoms with E-state index in [0.29, 0.717) is 0 Å². The summed E-state index contributed by atoms with van der Waals surface area (Å²) in [5.41, 5.74) is -3.92. The van der Waals surface area contributed by atoms with E-state index in [2.05, 4.69) is 33.9 Å². The molecule has 0 aromatic carbocycles. The van der Waals surface area contributed by atoms with Crippen LogP contribution < -0.4 is 0 Å². The van der Waals surface area contributed by atoms with E-state index in [1.54, 1.807) is 13.8 Å². The van der Waals surface area contributed by atoms with E-state index in [1.807, 2.05) is 0 Å². The smallest absolute Gasteiger partial charge is 0.402 e. The number of halogens is 2. The molecule has 0 radical (unpaired) electrons. The Morgan fingerprint density at radius 3 is 2.00 bits per heavy atom. The zero-order chi connectivity index (χ0) is 23.2. The van der Waals surface area contributed by atoms with Crippen LogP contribution in [-0.4, -0.2) is 64.0 Å². The number of hydrogen-bond donors (Lipinski definition) is 0.